The molecule has 0 radical (unpaired) electrons. The largest absolute Gasteiger partial charge is 0.385 e. The molecule has 0 spiro atoms. The Bertz CT molecular complexity index is 357. The van der Waals surface area contributed by atoms with Crippen LogP contribution in [0.2, 0.25) is 5.02 Å². The fourth-order valence-corrected chi connectivity index (χ4v) is 2.45. The molecule has 0 fully saturated rings. The van der Waals surface area contributed by atoms with E-state index in [1.807, 2.05) is 25.1 Å². The minimum absolute atomic E-state index is 0.0519. The van der Waals surface area contributed by atoms with Crippen LogP contribution in [0.25, 0.3) is 0 Å². The third-order valence-corrected chi connectivity index (χ3v) is 3.26. The van der Waals surface area contributed by atoms with Gasteiger partial charge in [-0.15, -0.1) is 0 Å². The third-order valence-electron chi connectivity index (χ3n) is 3.02. The Labute approximate surface area is 115 Å². The first kappa shape index (κ1) is 15.4. The number of hydrogen-bond acceptors (Lipinski definition) is 3. The number of rotatable bonds is 7. The lowest BCUT2D eigenvalue weighted by Crippen LogP contribution is -2.38. The summed E-state index contributed by atoms with van der Waals surface area (Å²) in [5.41, 5.74) is 7.27. The van der Waals surface area contributed by atoms with Crippen LogP contribution in [-0.4, -0.2) is 38.3 Å². The van der Waals surface area contributed by atoms with E-state index in [2.05, 4.69) is 18.0 Å². The van der Waals surface area contributed by atoms with Crippen molar-refractivity contribution in [3.8, 4) is 0 Å². The molecule has 0 aliphatic rings. The number of hydrogen-bond donors (Lipinski definition) is 1. The average molecular weight is 271 g/mol. The van der Waals surface area contributed by atoms with Crippen LogP contribution in [-0.2, 0) is 4.74 Å². The number of halogens is 1. The van der Waals surface area contributed by atoms with Gasteiger partial charge in [-0.25, -0.2) is 0 Å². The molecule has 0 heterocycles. The zero-order valence-corrected chi connectivity index (χ0v) is 12.2. The van der Waals surface area contributed by atoms with Gasteiger partial charge in [0.1, 0.15) is 0 Å². The second-order valence-corrected chi connectivity index (χ2v) is 5.12. The van der Waals surface area contributed by atoms with Gasteiger partial charge in [0, 0.05) is 37.4 Å². The van der Waals surface area contributed by atoms with Crippen molar-refractivity contribution in [1.29, 1.82) is 0 Å². The molecule has 102 valence electrons. The van der Waals surface area contributed by atoms with Crippen LogP contribution in [0, 0.1) is 0 Å². The molecule has 0 aliphatic heterocycles. The van der Waals surface area contributed by atoms with Crippen LogP contribution < -0.4 is 5.73 Å². The first-order valence-electron chi connectivity index (χ1n) is 6.26. The number of benzene rings is 1. The first-order valence-corrected chi connectivity index (χ1v) is 6.64. The van der Waals surface area contributed by atoms with Gasteiger partial charge < -0.3 is 10.5 Å². The molecule has 18 heavy (non-hydrogen) atoms. The van der Waals surface area contributed by atoms with E-state index in [1.165, 1.54) is 0 Å². The van der Waals surface area contributed by atoms with E-state index in [1.54, 1.807) is 7.11 Å². The van der Waals surface area contributed by atoms with Gasteiger partial charge in [-0.2, -0.15) is 0 Å². The molecule has 1 aromatic carbocycles. The van der Waals surface area contributed by atoms with Crippen molar-refractivity contribution in [3.05, 3.63) is 34.9 Å². The van der Waals surface area contributed by atoms with Crippen LogP contribution in [0.15, 0.2) is 24.3 Å². The van der Waals surface area contributed by atoms with Crippen molar-refractivity contribution >= 4 is 11.6 Å². The standard InChI is InChI=1S/C14H23ClN2O/c1-11(16)14(17(2)8-5-9-18-3)12-6-4-7-13(15)10-12/h4,6-7,10-11,14H,5,8-9,16H2,1-3H3. The van der Waals surface area contributed by atoms with Crippen LogP contribution in [0.3, 0.4) is 0 Å². The van der Waals surface area contributed by atoms with Gasteiger partial charge in [-0.3, -0.25) is 4.90 Å². The summed E-state index contributed by atoms with van der Waals surface area (Å²) in [5, 5.41) is 0.753. The lowest BCUT2D eigenvalue weighted by Gasteiger charge is -2.31. The SMILES string of the molecule is COCCCN(C)C(c1cccc(Cl)c1)C(C)N. The monoisotopic (exact) mass is 270 g/mol. The van der Waals surface area contributed by atoms with E-state index in [9.17, 15) is 0 Å². The highest BCUT2D eigenvalue weighted by Gasteiger charge is 2.20. The molecule has 2 unspecified atom stereocenters. The molecule has 3 nitrogen and oxygen atoms in total. The van der Waals surface area contributed by atoms with Crippen molar-refractivity contribution in [2.24, 2.45) is 5.73 Å². The fourth-order valence-electron chi connectivity index (χ4n) is 2.25. The fraction of sp³-hybridized carbons (Fsp3) is 0.571. The summed E-state index contributed by atoms with van der Waals surface area (Å²) < 4.78 is 5.08. The summed E-state index contributed by atoms with van der Waals surface area (Å²) in [7, 11) is 3.81. The molecular weight excluding hydrogens is 248 g/mol. The van der Waals surface area contributed by atoms with Crippen LogP contribution >= 0.6 is 11.6 Å². The molecule has 2 N–H and O–H groups in total. The minimum Gasteiger partial charge on any atom is -0.385 e. The number of nitrogens with two attached hydrogens (primary N) is 1. The normalized spacial score (nSPS) is 14.8. The summed E-state index contributed by atoms with van der Waals surface area (Å²) in [6.07, 6.45) is 0.997. The minimum atomic E-state index is 0.0519. The van der Waals surface area contributed by atoms with Crippen LogP contribution in [0.4, 0.5) is 0 Å². The van der Waals surface area contributed by atoms with Gasteiger partial charge in [0.2, 0.25) is 0 Å². The molecule has 0 saturated carbocycles. The number of methoxy groups -OCH3 is 1. The molecule has 1 aromatic rings. The maximum absolute atomic E-state index is 6.11. The van der Waals surface area contributed by atoms with Gasteiger partial charge in [0.15, 0.2) is 0 Å². The van der Waals surface area contributed by atoms with Gasteiger partial charge >= 0.3 is 0 Å². The van der Waals surface area contributed by atoms with Crippen molar-refractivity contribution < 1.29 is 4.74 Å². The Balaban J connectivity index is 2.76. The van der Waals surface area contributed by atoms with Crippen molar-refractivity contribution in [3.63, 3.8) is 0 Å². The van der Waals surface area contributed by atoms with E-state index in [0.717, 1.165) is 30.2 Å². The summed E-state index contributed by atoms with van der Waals surface area (Å²) in [4.78, 5) is 2.26. The van der Waals surface area contributed by atoms with Crippen LogP contribution in [0.1, 0.15) is 24.9 Å². The zero-order chi connectivity index (χ0) is 13.5. The Hall–Kier alpha value is -0.610. The van der Waals surface area contributed by atoms with E-state index in [4.69, 9.17) is 22.1 Å². The number of nitrogens with zero attached hydrogens (tertiary/aromatic N) is 1. The van der Waals surface area contributed by atoms with Crippen LogP contribution in [0.5, 0.6) is 0 Å². The highest BCUT2D eigenvalue weighted by molar-refractivity contribution is 6.30. The highest BCUT2D eigenvalue weighted by Crippen LogP contribution is 2.24. The average Bonchev–Trinajstić information content (AvgIpc) is 2.29. The Kier molecular flexibility index (Phi) is 6.65. The Morgan fingerprint density at radius 2 is 2.17 bits per heavy atom. The maximum Gasteiger partial charge on any atom is 0.0494 e. The van der Waals surface area contributed by atoms with Gasteiger partial charge in [0.05, 0.1) is 0 Å². The predicted molar refractivity (Wildman–Crippen MR) is 77.0 cm³/mol. The topological polar surface area (TPSA) is 38.5 Å². The summed E-state index contributed by atoms with van der Waals surface area (Å²) in [5.74, 6) is 0. The van der Waals surface area contributed by atoms with E-state index in [0.29, 0.717) is 0 Å². The number of ether oxygens (including phenoxy) is 1. The maximum atomic E-state index is 6.11. The molecule has 0 aliphatic carbocycles. The Morgan fingerprint density at radius 3 is 2.72 bits per heavy atom. The van der Waals surface area contributed by atoms with Crippen molar-refractivity contribution in [2.45, 2.75) is 25.4 Å². The predicted octanol–water partition coefficient (Wildman–Crippen LogP) is 2.70. The highest BCUT2D eigenvalue weighted by atomic mass is 35.5. The van der Waals surface area contributed by atoms with E-state index < -0.39 is 0 Å². The second-order valence-electron chi connectivity index (χ2n) is 4.69. The smallest absolute Gasteiger partial charge is 0.0494 e. The molecule has 0 bridgehead atoms. The summed E-state index contributed by atoms with van der Waals surface area (Å²) in [6.45, 7) is 3.75. The van der Waals surface area contributed by atoms with Crippen molar-refractivity contribution in [1.82, 2.24) is 4.90 Å². The zero-order valence-electron chi connectivity index (χ0n) is 11.4. The molecule has 0 aromatic heterocycles. The third kappa shape index (κ3) is 4.58. The lowest BCUT2D eigenvalue weighted by atomic mass is 9.99. The Morgan fingerprint density at radius 1 is 1.44 bits per heavy atom. The molecule has 4 heteroatoms. The van der Waals surface area contributed by atoms with Crippen molar-refractivity contribution in [2.75, 3.05) is 27.3 Å². The quantitative estimate of drug-likeness (QED) is 0.775. The van der Waals surface area contributed by atoms with Gasteiger partial charge in [-0.05, 0) is 38.1 Å². The molecular formula is C14H23ClN2O. The molecule has 0 amide bonds. The molecule has 0 saturated heterocycles. The number of likely N-dealkylation sites (N-methyl/N-ethyl adjacent to an activating group) is 1. The first-order chi connectivity index (χ1) is 8.56. The summed E-state index contributed by atoms with van der Waals surface area (Å²) >= 11 is 6.05. The van der Waals surface area contributed by atoms with Gasteiger partial charge in [0.25, 0.3) is 0 Å². The molecule has 2 atom stereocenters. The van der Waals surface area contributed by atoms with Gasteiger partial charge in [-0.1, -0.05) is 23.7 Å². The summed E-state index contributed by atoms with van der Waals surface area (Å²) in [6, 6.07) is 8.15. The van der Waals surface area contributed by atoms with E-state index >= 15 is 0 Å². The lowest BCUT2D eigenvalue weighted by molar-refractivity contribution is 0.158. The van der Waals surface area contributed by atoms with E-state index in [-0.39, 0.29) is 12.1 Å². The second kappa shape index (κ2) is 7.74. The molecule has 1 rings (SSSR count).